The number of amides is 1. The number of hydrogen-bond donors (Lipinski definition) is 1. The van der Waals surface area contributed by atoms with Gasteiger partial charge in [-0.3, -0.25) is 4.79 Å². The van der Waals surface area contributed by atoms with Gasteiger partial charge in [0.2, 0.25) is 0 Å². The van der Waals surface area contributed by atoms with Crippen LogP contribution >= 0.6 is 0 Å². The zero-order valence-electron chi connectivity index (χ0n) is 15.1. The number of benzene rings is 2. The van der Waals surface area contributed by atoms with Crippen molar-refractivity contribution >= 4 is 5.91 Å². The fraction of sp³-hybridized carbons (Fsp3) is 0.350. The Morgan fingerprint density at radius 2 is 1.88 bits per heavy atom. The van der Waals surface area contributed by atoms with Crippen LogP contribution in [0.15, 0.2) is 42.5 Å². The van der Waals surface area contributed by atoms with Gasteiger partial charge in [0.25, 0.3) is 5.91 Å². The van der Waals surface area contributed by atoms with Crippen LogP contribution in [0.2, 0.25) is 0 Å². The summed E-state index contributed by atoms with van der Waals surface area (Å²) in [6.45, 7) is 2.79. The number of ether oxygens (including phenoxy) is 3. The molecule has 0 radical (unpaired) electrons. The van der Waals surface area contributed by atoms with E-state index in [9.17, 15) is 9.18 Å². The number of hydrogen-bond acceptors (Lipinski definition) is 4. The smallest absolute Gasteiger partial charge is 0.258 e. The Labute approximate surface area is 153 Å². The molecule has 0 heterocycles. The van der Waals surface area contributed by atoms with Gasteiger partial charge in [0.15, 0.2) is 29.7 Å². The lowest BCUT2D eigenvalue weighted by atomic mass is 10.2. The third kappa shape index (κ3) is 5.95. The van der Waals surface area contributed by atoms with Crippen LogP contribution in [0.3, 0.4) is 0 Å². The van der Waals surface area contributed by atoms with Gasteiger partial charge >= 0.3 is 0 Å². The first kappa shape index (κ1) is 19.6. The molecule has 0 aliphatic heterocycles. The van der Waals surface area contributed by atoms with Gasteiger partial charge in [-0.2, -0.15) is 0 Å². The molecular weight excluding hydrogens is 337 g/mol. The second-order valence-corrected chi connectivity index (χ2v) is 5.68. The van der Waals surface area contributed by atoms with E-state index in [4.69, 9.17) is 14.2 Å². The SMILES string of the molecule is CCCCOc1ccc(CNC(=O)COc2ccccc2F)cc1OC. The van der Waals surface area contributed by atoms with Crippen molar-refractivity contribution in [3.8, 4) is 17.2 Å². The Hall–Kier alpha value is -2.76. The quantitative estimate of drug-likeness (QED) is 0.656. The molecule has 0 fully saturated rings. The molecule has 2 rings (SSSR count). The Kier molecular flexibility index (Phi) is 7.74. The predicted molar refractivity (Wildman–Crippen MR) is 97.1 cm³/mol. The van der Waals surface area contributed by atoms with Crippen molar-refractivity contribution in [2.24, 2.45) is 0 Å². The number of nitrogens with one attached hydrogen (secondary N) is 1. The molecular formula is C20H24FNO4. The van der Waals surface area contributed by atoms with E-state index in [1.54, 1.807) is 19.2 Å². The second-order valence-electron chi connectivity index (χ2n) is 5.68. The molecule has 6 heteroatoms. The fourth-order valence-electron chi connectivity index (χ4n) is 2.22. The average Bonchev–Trinajstić information content (AvgIpc) is 2.66. The number of rotatable bonds is 10. The van der Waals surface area contributed by atoms with Crippen molar-refractivity contribution < 1.29 is 23.4 Å². The zero-order valence-corrected chi connectivity index (χ0v) is 15.1. The predicted octanol–water partition coefficient (Wildman–Crippen LogP) is 3.71. The summed E-state index contributed by atoms with van der Waals surface area (Å²) in [5, 5.41) is 2.73. The molecule has 0 unspecified atom stereocenters. The maximum atomic E-state index is 13.4. The first-order valence-corrected chi connectivity index (χ1v) is 8.57. The molecule has 2 aromatic carbocycles. The van der Waals surface area contributed by atoms with Crippen LogP contribution in [0.4, 0.5) is 4.39 Å². The van der Waals surface area contributed by atoms with Gasteiger partial charge in [0, 0.05) is 6.54 Å². The van der Waals surface area contributed by atoms with Crippen LogP contribution in [0.25, 0.3) is 0 Å². The first-order chi connectivity index (χ1) is 12.6. The summed E-state index contributed by atoms with van der Waals surface area (Å²) >= 11 is 0. The Morgan fingerprint density at radius 3 is 2.62 bits per heavy atom. The molecule has 1 N–H and O–H groups in total. The Bertz CT molecular complexity index is 721. The molecule has 0 aromatic heterocycles. The van der Waals surface area contributed by atoms with Gasteiger partial charge < -0.3 is 19.5 Å². The highest BCUT2D eigenvalue weighted by Crippen LogP contribution is 2.28. The van der Waals surface area contributed by atoms with Gasteiger partial charge in [0.05, 0.1) is 13.7 Å². The minimum atomic E-state index is -0.497. The van der Waals surface area contributed by atoms with Crippen LogP contribution in [0, 0.1) is 5.82 Å². The summed E-state index contributed by atoms with van der Waals surface area (Å²) in [7, 11) is 1.58. The minimum absolute atomic E-state index is 0.0536. The van der Waals surface area contributed by atoms with E-state index in [0.717, 1.165) is 18.4 Å². The fourth-order valence-corrected chi connectivity index (χ4v) is 2.22. The monoisotopic (exact) mass is 361 g/mol. The molecule has 26 heavy (non-hydrogen) atoms. The molecule has 5 nitrogen and oxygen atoms in total. The number of para-hydroxylation sites is 1. The minimum Gasteiger partial charge on any atom is -0.493 e. The van der Waals surface area contributed by atoms with E-state index < -0.39 is 5.82 Å². The number of methoxy groups -OCH3 is 1. The van der Waals surface area contributed by atoms with Gasteiger partial charge in [0.1, 0.15) is 0 Å². The topological polar surface area (TPSA) is 56.8 Å². The lowest BCUT2D eigenvalue weighted by Gasteiger charge is -2.12. The van der Waals surface area contributed by atoms with Crippen LogP contribution < -0.4 is 19.5 Å². The summed E-state index contributed by atoms with van der Waals surface area (Å²) < 4.78 is 29.6. The van der Waals surface area contributed by atoms with Gasteiger partial charge in [-0.25, -0.2) is 4.39 Å². The van der Waals surface area contributed by atoms with Crippen LogP contribution in [0.5, 0.6) is 17.2 Å². The molecule has 0 bridgehead atoms. The van der Waals surface area contributed by atoms with Crippen LogP contribution in [-0.2, 0) is 11.3 Å². The normalized spacial score (nSPS) is 10.3. The lowest BCUT2D eigenvalue weighted by Crippen LogP contribution is -2.28. The average molecular weight is 361 g/mol. The van der Waals surface area contributed by atoms with E-state index in [2.05, 4.69) is 12.2 Å². The summed E-state index contributed by atoms with van der Waals surface area (Å²) in [6.07, 6.45) is 2.03. The molecule has 0 spiro atoms. The van der Waals surface area contributed by atoms with Crippen molar-refractivity contribution in [3.05, 3.63) is 53.8 Å². The van der Waals surface area contributed by atoms with E-state index in [0.29, 0.717) is 24.7 Å². The maximum Gasteiger partial charge on any atom is 0.258 e. The lowest BCUT2D eigenvalue weighted by molar-refractivity contribution is -0.123. The van der Waals surface area contributed by atoms with Crippen LogP contribution in [0.1, 0.15) is 25.3 Å². The Balaban J connectivity index is 1.84. The largest absolute Gasteiger partial charge is 0.493 e. The summed E-state index contributed by atoms with van der Waals surface area (Å²) in [5.74, 6) is 0.520. The van der Waals surface area contributed by atoms with E-state index in [-0.39, 0.29) is 18.3 Å². The molecule has 0 aliphatic rings. The second kappa shape index (κ2) is 10.3. The van der Waals surface area contributed by atoms with Crippen molar-refractivity contribution in [1.29, 1.82) is 0 Å². The summed E-state index contributed by atoms with van der Waals surface area (Å²) in [4.78, 5) is 11.9. The maximum absolute atomic E-state index is 13.4. The van der Waals surface area contributed by atoms with Gasteiger partial charge in [-0.05, 0) is 36.2 Å². The summed E-state index contributed by atoms with van der Waals surface area (Å²) in [6, 6.07) is 11.5. The Morgan fingerprint density at radius 1 is 1.08 bits per heavy atom. The van der Waals surface area contributed by atoms with Crippen molar-refractivity contribution in [2.45, 2.75) is 26.3 Å². The highest BCUT2D eigenvalue weighted by molar-refractivity contribution is 5.77. The third-order valence-corrected chi connectivity index (χ3v) is 3.67. The molecule has 140 valence electrons. The molecule has 0 atom stereocenters. The van der Waals surface area contributed by atoms with Crippen molar-refractivity contribution in [3.63, 3.8) is 0 Å². The highest BCUT2D eigenvalue weighted by Gasteiger charge is 2.09. The molecule has 0 saturated carbocycles. The number of halogens is 1. The zero-order chi connectivity index (χ0) is 18.8. The van der Waals surface area contributed by atoms with Crippen LogP contribution in [-0.4, -0.2) is 26.2 Å². The number of carbonyl (C=O) groups excluding carboxylic acids is 1. The van der Waals surface area contributed by atoms with E-state index in [1.807, 2.05) is 18.2 Å². The van der Waals surface area contributed by atoms with E-state index in [1.165, 1.54) is 12.1 Å². The standard InChI is InChI=1S/C20H24FNO4/c1-3-4-11-25-18-10-9-15(12-19(18)24-2)13-22-20(23)14-26-17-8-6-5-7-16(17)21/h5-10,12H,3-4,11,13-14H2,1-2H3,(H,22,23). The molecule has 0 saturated heterocycles. The highest BCUT2D eigenvalue weighted by atomic mass is 19.1. The van der Waals surface area contributed by atoms with Crippen molar-refractivity contribution in [2.75, 3.05) is 20.3 Å². The summed E-state index contributed by atoms with van der Waals surface area (Å²) in [5.41, 5.74) is 0.865. The molecule has 1 amide bonds. The molecule has 2 aromatic rings. The number of carbonyl (C=O) groups is 1. The van der Waals surface area contributed by atoms with Gasteiger partial charge in [-0.1, -0.05) is 31.5 Å². The third-order valence-electron chi connectivity index (χ3n) is 3.67. The van der Waals surface area contributed by atoms with Gasteiger partial charge in [-0.15, -0.1) is 0 Å². The number of unbranched alkanes of at least 4 members (excludes halogenated alkanes) is 1. The van der Waals surface area contributed by atoms with E-state index >= 15 is 0 Å². The van der Waals surface area contributed by atoms with Crippen molar-refractivity contribution in [1.82, 2.24) is 5.32 Å². The molecule has 0 aliphatic carbocycles. The first-order valence-electron chi connectivity index (χ1n) is 8.57.